The molecule has 0 aliphatic rings. The summed E-state index contributed by atoms with van der Waals surface area (Å²) < 4.78 is 8.70. The standard InChI is InChI=1S/C60H38N2O/c1-2-16-48-46(14-1)47-15-3-4-17-49(47)55-38-44(34-36-50(48)55)61(42-30-25-39(26-31-42)41-29-35-54-53-20-8-12-24-59(53)63-60(54)37-41)43-32-27-40(28-33-43)45-13-5-9-21-56(45)62-57-22-10-6-18-51(57)52-19-7-11-23-58(52)62/h1-38H. The number of aromatic nitrogens is 1. The minimum absolute atomic E-state index is 0.898. The van der Waals surface area contributed by atoms with Crippen LogP contribution in [-0.4, -0.2) is 4.57 Å². The molecule has 0 amide bonds. The van der Waals surface area contributed by atoms with Crippen LogP contribution in [0.1, 0.15) is 0 Å². The number of anilines is 3. The smallest absolute Gasteiger partial charge is 0.136 e. The quantitative estimate of drug-likeness (QED) is 0.156. The zero-order chi connectivity index (χ0) is 41.4. The molecule has 0 unspecified atom stereocenters. The maximum Gasteiger partial charge on any atom is 0.136 e. The first-order valence-electron chi connectivity index (χ1n) is 21.6. The largest absolute Gasteiger partial charge is 0.456 e. The van der Waals surface area contributed by atoms with Crippen LogP contribution >= 0.6 is 0 Å². The predicted octanol–water partition coefficient (Wildman–Crippen LogP) is 16.9. The normalized spacial score (nSPS) is 11.8. The van der Waals surface area contributed by atoms with E-state index < -0.39 is 0 Å². The molecular formula is C60H38N2O. The summed E-state index contributed by atoms with van der Waals surface area (Å²) in [5.41, 5.74) is 13.2. The maximum absolute atomic E-state index is 6.28. The van der Waals surface area contributed by atoms with Gasteiger partial charge in [-0.1, -0.05) is 158 Å². The monoisotopic (exact) mass is 802 g/mol. The minimum atomic E-state index is 0.898. The van der Waals surface area contributed by atoms with Crippen LogP contribution < -0.4 is 4.90 Å². The molecule has 0 fully saturated rings. The van der Waals surface area contributed by atoms with Crippen LogP contribution in [0.25, 0.3) is 104 Å². The summed E-state index contributed by atoms with van der Waals surface area (Å²) in [7, 11) is 0. The van der Waals surface area contributed by atoms with Gasteiger partial charge in [0.05, 0.1) is 16.7 Å². The van der Waals surface area contributed by atoms with E-state index >= 15 is 0 Å². The molecule has 0 aliphatic carbocycles. The van der Waals surface area contributed by atoms with E-state index in [0.29, 0.717) is 0 Å². The lowest BCUT2D eigenvalue weighted by atomic mass is 9.94. The van der Waals surface area contributed by atoms with Crippen molar-refractivity contribution in [1.29, 1.82) is 0 Å². The summed E-state index contributed by atoms with van der Waals surface area (Å²) in [6.07, 6.45) is 0. The van der Waals surface area contributed by atoms with Gasteiger partial charge in [-0.05, 0) is 122 Å². The fraction of sp³-hybridized carbons (Fsp3) is 0. The van der Waals surface area contributed by atoms with Gasteiger partial charge < -0.3 is 13.9 Å². The second kappa shape index (κ2) is 14.1. The van der Waals surface area contributed by atoms with Crippen LogP contribution in [0.4, 0.5) is 17.1 Å². The van der Waals surface area contributed by atoms with Gasteiger partial charge in [-0.2, -0.15) is 0 Å². The first-order valence-corrected chi connectivity index (χ1v) is 21.6. The van der Waals surface area contributed by atoms with Gasteiger partial charge in [-0.15, -0.1) is 0 Å². The van der Waals surface area contributed by atoms with Gasteiger partial charge >= 0.3 is 0 Å². The molecule has 0 bridgehead atoms. The van der Waals surface area contributed by atoms with E-state index in [2.05, 4.69) is 228 Å². The fourth-order valence-corrected chi connectivity index (χ4v) is 10.1. The molecule has 0 saturated carbocycles. The number of hydrogen-bond acceptors (Lipinski definition) is 2. The lowest BCUT2D eigenvalue weighted by Crippen LogP contribution is -2.10. The van der Waals surface area contributed by atoms with Crippen molar-refractivity contribution in [2.75, 3.05) is 4.90 Å². The van der Waals surface area contributed by atoms with Crippen molar-refractivity contribution in [3.05, 3.63) is 231 Å². The molecule has 2 heterocycles. The summed E-state index contributed by atoms with van der Waals surface area (Å²) in [4.78, 5) is 2.39. The van der Waals surface area contributed by atoms with Crippen molar-refractivity contribution >= 4 is 93.1 Å². The van der Waals surface area contributed by atoms with Gasteiger partial charge in [0, 0.05) is 44.2 Å². The van der Waals surface area contributed by atoms with Gasteiger partial charge in [-0.25, -0.2) is 0 Å². The Balaban J connectivity index is 0.954. The van der Waals surface area contributed by atoms with Crippen LogP contribution in [-0.2, 0) is 0 Å². The average Bonchev–Trinajstić information content (AvgIpc) is 3.90. The average molecular weight is 803 g/mol. The SMILES string of the molecule is c1ccc(-n2c3ccccc3c3ccccc32)c(-c2ccc(N(c3ccc(-c4ccc5c(c4)oc4ccccc45)cc3)c3ccc4c5ccccc5c5ccccc5c4c3)cc2)c1. The zero-order valence-electron chi connectivity index (χ0n) is 34.2. The van der Waals surface area contributed by atoms with Crippen molar-refractivity contribution in [3.8, 4) is 27.9 Å². The number of para-hydroxylation sites is 4. The number of furan rings is 1. The molecule has 294 valence electrons. The molecule has 2 aromatic heterocycles. The third-order valence-corrected chi connectivity index (χ3v) is 13.0. The van der Waals surface area contributed by atoms with E-state index in [1.807, 2.05) is 12.1 Å². The summed E-state index contributed by atoms with van der Waals surface area (Å²) in [5, 5.41) is 12.3. The number of hydrogen-bond donors (Lipinski definition) is 0. The van der Waals surface area contributed by atoms with E-state index in [1.165, 1.54) is 59.7 Å². The Morgan fingerprint density at radius 2 is 0.730 bits per heavy atom. The van der Waals surface area contributed by atoms with Crippen molar-refractivity contribution < 1.29 is 4.42 Å². The maximum atomic E-state index is 6.28. The van der Waals surface area contributed by atoms with Crippen LogP contribution in [0, 0.1) is 0 Å². The molecule has 0 saturated heterocycles. The Morgan fingerprint density at radius 3 is 1.38 bits per heavy atom. The van der Waals surface area contributed by atoms with E-state index in [4.69, 9.17) is 4.42 Å². The highest BCUT2D eigenvalue weighted by molar-refractivity contribution is 6.26. The van der Waals surface area contributed by atoms with Crippen molar-refractivity contribution in [2.45, 2.75) is 0 Å². The molecule has 0 atom stereocenters. The highest BCUT2D eigenvalue weighted by Crippen LogP contribution is 2.43. The highest BCUT2D eigenvalue weighted by atomic mass is 16.3. The minimum Gasteiger partial charge on any atom is -0.456 e. The number of nitrogens with zero attached hydrogens (tertiary/aromatic N) is 2. The molecule has 0 spiro atoms. The molecule has 3 heteroatoms. The predicted molar refractivity (Wildman–Crippen MR) is 266 cm³/mol. The Labute approximate surface area is 363 Å². The summed E-state index contributed by atoms with van der Waals surface area (Å²) in [5.74, 6) is 0. The Kier molecular flexibility index (Phi) is 7.91. The molecule has 3 nitrogen and oxygen atoms in total. The molecule has 63 heavy (non-hydrogen) atoms. The molecule has 11 aromatic carbocycles. The molecule has 0 aliphatic heterocycles. The van der Waals surface area contributed by atoms with Gasteiger partial charge in [-0.3, -0.25) is 0 Å². The second-order valence-electron chi connectivity index (χ2n) is 16.4. The highest BCUT2D eigenvalue weighted by Gasteiger charge is 2.19. The van der Waals surface area contributed by atoms with Crippen molar-refractivity contribution in [1.82, 2.24) is 4.57 Å². The van der Waals surface area contributed by atoms with Gasteiger partial charge in [0.15, 0.2) is 0 Å². The van der Waals surface area contributed by atoms with E-state index in [9.17, 15) is 0 Å². The van der Waals surface area contributed by atoms with Gasteiger partial charge in [0.1, 0.15) is 11.2 Å². The second-order valence-corrected chi connectivity index (χ2v) is 16.4. The molecule has 0 radical (unpaired) electrons. The third-order valence-electron chi connectivity index (χ3n) is 13.0. The Hall–Kier alpha value is -8.40. The topological polar surface area (TPSA) is 21.3 Å². The number of fused-ring (bicyclic) bond motifs is 12. The van der Waals surface area contributed by atoms with Crippen molar-refractivity contribution in [3.63, 3.8) is 0 Å². The lowest BCUT2D eigenvalue weighted by molar-refractivity contribution is 0.669. The number of rotatable bonds is 6. The summed E-state index contributed by atoms with van der Waals surface area (Å²) in [6.45, 7) is 0. The van der Waals surface area contributed by atoms with Crippen LogP contribution in [0.5, 0.6) is 0 Å². The van der Waals surface area contributed by atoms with Crippen LogP contribution in [0.3, 0.4) is 0 Å². The molecule has 13 aromatic rings. The van der Waals surface area contributed by atoms with Crippen molar-refractivity contribution in [2.24, 2.45) is 0 Å². The third kappa shape index (κ3) is 5.60. The Bertz CT molecular complexity index is 3820. The van der Waals surface area contributed by atoms with E-state index in [1.54, 1.807) is 0 Å². The summed E-state index contributed by atoms with van der Waals surface area (Å²) >= 11 is 0. The van der Waals surface area contributed by atoms with Crippen LogP contribution in [0.15, 0.2) is 235 Å². The van der Waals surface area contributed by atoms with E-state index in [0.717, 1.165) is 61.4 Å². The fourth-order valence-electron chi connectivity index (χ4n) is 10.1. The van der Waals surface area contributed by atoms with Gasteiger partial charge in [0.25, 0.3) is 0 Å². The Morgan fingerprint density at radius 1 is 0.286 bits per heavy atom. The molecular weight excluding hydrogens is 765 g/mol. The zero-order valence-corrected chi connectivity index (χ0v) is 34.2. The first kappa shape index (κ1) is 35.4. The molecule has 13 rings (SSSR count). The first-order chi connectivity index (χ1) is 31.2. The lowest BCUT2D eigenvalue weighted by Gasteiger charge is -2.27. The van der Waals surface area contributed by atoms with E-state index in [-0.39, 0.29) is 0 Å². The molecule has 0 N–H and O–H groups in total. The number of benzene rings is 11. The summed E-state index contributed by atoms with van der Waals surface area (Å²) in [6, 6.07) is 83.5. The van der Waals surface area contributed by atoms with Crippen LogP contribution in [0.2, 0.25) is 0 Å². The van der Waals surface area contributed by atoms with Gasteiger partial charge in [0.2, 0.25) is 0 Å².